The van der Waals surface area contributed by atoms with Gasteiger partial charge in [0.2, 0.25) is 5.89 Å². The zero-order valence-electron chi connectivity index (χ0n) is 15.6. The van der Waals surface area contributed by atoms with Gasteiger partial charge in [-0.1, -0.05) is 37.2 Å². The maximum atomic E-state index is 13.1. The van der Waals surface area contributed by atoms with E-state index in [-0.39, 0.29) is 5.56 Å². The molecule has 0 atom stereocenters. The zero-order chi connectivity index (χ0) is 19.0. The number of nitrogens with zero attached hydrogens (tertiary/aromatic N) is 3. The van der Waals surface area contributed by atoms with Crippen molar-refractivity contribution >= 4 is 44.4 Å². The van der Waals surface area contributed by atoms with Crippen LogP contribution in [0.15, 0.2) is 38.6 Å². The molecular weight excluding hydrogens is 378 g/mol. The van der Waals surface area contributed by atoms with E-state index in [9.17, 15) is 4.79 Å². The highest BCUT2D eigenvalue weighted by Crippen LogP contribution is 2.30. The summed E-state index contributed by atoms with van der Waals surface area (Å²) >= 11 is 3.10. The Hall–Kier alpha value is -2.12. The SMILES string of the molecule is CCCCn1c(SCc2nc3ccccc3o2)nc2sc(C)c(C)c2c1=O. The second-order valence-electron chi connectivity index (χ2n) is 6.53. The summed E-state index contributed by atoms with van der Waals surface area (Å²) in [5, 5.41) is 1.50. The Bertz CT molecular complexity index is 1140. The van der Waals surface area contributed by atoms with Crippen LogP contribution >= 0.6 is 23.1 Å². The number of fused-ring (bicyclic) bond motifs is 2. The van der Waals surface area contributed by atoms with Crippen LogP contribution in [0.2, 0.25) is 0 Å². The molecule has 0 saturated carbocycles. The van der Waals surface area contributed by atoms with Gasteiger partial charge in [-0.2, -0.15) is 0 Å². The van der Waals surface area contributed by atoms with E-state index in [2.05, 4.69) is 11.9 Å². The number of unbranched alkanes of at least 4 members (excludes halogenated alkanes) is 1. The van der Waals surface area contributed by atoms with Crippen LogP contribution in [0.4, 0.5) is 0 Å². The quantitative estimate of drug-likeness (QED) is 0.325. The number of rotatable bonds is 6. The predicted molar refractivity (Wildman–Crippen MR) is 112 cm³/mol. The molecule has 0 aliphatic carbocycles. The molecule has 7 heteroatoms. The maximum Gasteiger partial charge on any atom is 0.263 e. The van der Waals surface area contributed by atoms with E-state index >= 15 is 0 Å². The lowest BCUT2D eigenvalue weighted by Gasteiger charge is -2.11. The van der Waals surface area contributed by atoms with Crippen molar-refractivity contribution in [3.05, 3.63) is 51.0 Å². The van der Waals surface area contributed by atoms with Gasteiger partial charge in [0.05, 0.1) is 11.1 Å². The summed E-state index contributed by atoms with van der Waals surface area (Å²) < 4.78 is 7.62. The number of oxazole rings is 1. The third-order valence-electron chi connectivity index (χ3n) is 4.65. The van der Waals surface area contributed by atoms with Crippen LogP contribution in [0, 0.1) is 13.8 Å². The van der Waals surface area contributed by atoms with Crippen LogP contribution in [0.3, 0.4) is 0 Å². The van der Waals surface area contributed by atoms with Crippen LogP contribution < -0.4 is 5.56 Å². The van der Waals surface area contributed by atoms with E-state index < -0.39 is 0 Å². The number of para-hydroxylation sites is 2. The van der Waals surface area contributed by atoms with Crippen molar-refractivity contribution < 1.29 is 4.42 Å². The number of aryl methyl sites for hydroxylation is 2. The summed E-state index contributed by atoms with van der Waals surface area (Å²) in [6, 6.07) is 7.73. The van der Waals surface area contributed by atoms with Gasteiger partial charge in [0.1, 0.15) is 10.3 Å². The Morgan fingerprint density at radius 2 is 2.04 bits per heavy atom. The first-order valence-corrected chi connectivity index (χ1v) is 10.9. The number of hydrogen-bond donors (Lipinski definition) is 0. The summed E-state index contributed by atoms with van der Waals surface area (Å²) in [7, 11) is 0. The molecule has 4 rings (SSSR count). The van der Waals surface area contributed by atoms with E-state index in [0.29, 0.717) is 18.2 Å². The molecule has 0 bridgehead atoms. The Balaban J connectivity index is 1.71. The van der Waals surface area contributed by atoms with Gasteiger partial charge in [-0.05, 0) is 38.0 Å². The third kappa shape index (κ3) is 3.41. The molecule has 0 aliphatic rings. The monoisotopic (exact) mass is 399 g/mol. The topological polar surface area (TPSA) is 60.9 Å². The fourth-order valence-corrected chi connectivity index (χ4v) is 4.98. The molecule has 0 fully saturated rings. The summed E-state index contributed by atoms with van der Waals surface area (Å²) in [5.41, 5.74) is 2.75. The second-order valence-corrected chi connectivity index (χ2v) is 8.68. The van der Waals surface area contributed by atoms with E-state index in [1.165, 1.54) is 11.8 Å². The number of thiophene rings is 1. The largest absolute Gasteiger partial charge is 0.440 e. The van der Waals surface area contributed by atoms with Gasteiger partial charge < -0.3 is 4.42 Å². The lowest BCUT2D eigenvalue weighted by molar-refractivity contribution is 0.548. The van der Waals surface area contributed by atoms with Gasteiger partial charge in [-0.3, -0.25) is 9.36 Å². The van der Waals surface area contributed by atoms with Crippen LogP contribution in [-0.2, 0) is 12.3 Å². The smallest absolute Gasteiger partial charge is 0.263 e. The Morgan fingerprint density at radius 3 is 2.81 bits per heavy atom. The van der Waals surface area contributed by atoms with E-state index in [1.807, 2.05) is 42.7 Å². The fraction of sp³-hybridized carbons (Fsp3) is 0.350. The molecule has 5 nitrogen and oxygen atoms in total. The number of hydrogen-bond acceptors (Lipinski definition) is 6. The van der Waals surface area contributed by atoms with Crippen LogP contribution in [0.5, 0.6) is 0 Å². The first-order valence-electron chi connectivity index (χ1n) is 9.06. The molecule has 140 valence electrons. The summed E-state index contributed by atoms with van der Waals surface area (Å²) in [6.45, 7) is 6.86. The minimum absolute atomic E-state index is 0.0652. The summed E-state index contributed by atoms with van der Waals surface area (Å²) in [5.74, 6) is 1.19. The van der Waals surface area contributed by atoms with Crippen molar-refractivity contribution in [2.45, 2.75) is 51.1 Å². The van der Waals surface area contributed by atoms with Gasteiger partial charge in [0, 0.05) is 11.4 Å². The summed E-state index contributed by atoms with van der Waals surface area (Å²) in [6.07, 6.45) is 1.98. The molecule has 3 heterocycles. The van der Waals surface area contributed by atoms with Crippen molar-refractivity contribution in [3.63, 3.8) is 0 Å². The van der Waals surface area contributed by atoms with Crippen LogP contribution in [0.25, 0.3) is 21.3 Å². The van der Waals surface area contributed by atoms with Crippen molar-refractivity contribution in [2.75, 3.05) is 0 Å². The molecule has 0 N–H and O–H groups in total. The molecule has 0 unspecified atom stereocenters. The molecule has 0 aliphatic heterocycles. The first-order chi connectivity index (χ1) is 13.1. The van der Waals surface area contributed by atoms with Crippen molar-refractivity contribution in [3.8, 4) is 0 Å². The molecule has 1 aromatic carbocycles. The molecule has 27 heavy (non-hydrogen) atoms. The number of thioether (sulfide) groups is 1. The van der Waals surface area contributed by atoms with Crippen LogP contribution in [-0.4, -0.2) is 14.5 Å². The minimum Gasteiger partial charge on any atom is -0.440 e. The van der Waals surface area contributed by atoms with Crippen LogP contribution in [0.1, 0.15) is 36.1 Å². The average molecular weight is 400 g/mol. The first kappa shape index (κ1) is 18.3. The Labute approximate surface area is 165 Å². The highest BCUT2D eigenvalue weighted by molar-refractivity contribution is 7.98. The average Bonchev–Trinajstić information content (AvgIpc) is 3.20. The third-order valence-corrected chi connectivity index (χ3v) is 6.71. The Morgan fingerprint density at radius 1 is 1.22 bits per heavy atom. The molecule has 0 spiro atoms. The Kier molecular flexibility index (Phi) is 5.06. The fourth-order valence-electron chi connectivity index (χ4n) is 3.04. The van der Waals surface area contributed by atoms with Gasteiger partial charge in [0.15, 0.2) is 10.7 Å². The molecule has 0 radical (unpaired) electrons. The normalized spacial score (nSPS) is 11.7. The van der Waals surface area contributed by atoms with Crippen molar-refractivity contribution in [2.24, 2.45) is 0 Å². The molecule has 0 saturated heterocycles. The predicted octanol–water partition coefficient (Wildman–Crippen LogP) is 5.31. The molecular formula is C20H21N3O2S2. The van der Waals surface area contributed by atoms with Crippen molar-refractivity contribution in [1.82, 2.24) is 14.5 Å². The number of aromatic nitrogens is 3. The highest BCUT2D eigenvalue weighted by Gasteiger charge is 2.17. The summed E-state index contributed by atoms with van der Waals surface area (Å²) in [4.78, 5) is 24.4. The van der Waals surface area contributed by atoms with Gasteiger partial charge >= 0.3 is 0 Å². The molecule has 0 amide bonds. The van der Waals surface area contributed by atoms with E-state index in [0.717, 1.165) is 49.8 Å². The van der Waals surface area contributed by atoms with Gasteiger partial charge in [0.25, 0.3) is 5.56 Å². The van der Waals surface area contributed by atoms with E-state index in [4.69, 9.17) is 9.40 Å². The minimum atomic E-state index is 0.0652. The zero-order valence-corrected chi connectivity index (χ0v) is 17.2. The number of benzene rings is 1. The lowest BCUT2D eigenvalue weighted by Crippen LogP contribution is -2.23. The molecule has 3 aromatic heterocycles. The maximum absolute atomic E-state index is 13.1. The second kappa shape index (κ2) is 7.48. The van der Waals surface area contributed by atoms with Gasteiger partial charge in [-0.25, -0.2) is 9.97 Å². The van der Waals surface area contributed by atoms with Crippen molar-refractivity contribution in [1.29, 1.82) is 0 Å². The lowest BCUT2D eigenvalue weighted by atomic mass is 10.2. The highest BCUT2D eigenvalue weighted by atomic mass is 32.2. The molecule has 4 aromatic rings. The van der Waals surface area contributed by atoms with Gasteiger partial charge in [-0.15, -0.1) is 11.3 Å². The standard InChI is InChI=1S/C20H21N3O2S2/c1-4-5-10-23-19(24)17-12(2)13(3)27-18(17)22-20(23)26-11-16-21-14-8-6-7-9-15(14)25-16/h6-9H,4-5,10-11H2,1-3H3. The van der Waals surface area contributed by atoms with E-state index in [1.54, 1.807) is 11.3 Å².